The number of carbonyl (C=O) groups excluding carboxylic acids is 5. The van der Waals surface area contributed by atoms with Crippen molar-refractivity contribution in [2.75, 3.05) is 91.0 Å². The molecule has 0 aromatic heterocycles. The predicted octanol–water partition coefficient (Wildman–Crippen LogP) is 0.996. The van der Waals surface area contributed by atoms with Gasteiger partial charge in [0.05, 0.1) is 45.4 Å². The van der Waals surface area contributed by atoms with E-state index in [1.54, 1.807) is 0 Å². The van der Waals surface area contributed by atoms with Gasteiger partial charge in [-0.3, -0.25) is 28.8 Å². The Morgan fingerprint density at radius 1 is 0.491 bits per heavy atom. The molecular weight excluding hydrogens is 742 g/mol. The average molecular weight is 808 g/mol. The van der Waals surface area contributed by atoms with Gasteiger partial charge in [-0.05, 0) is 25.5 Å². The smallest absolute Gasteiger partial charge is 0.326 e. The first-order valence-corrected chi connectivity index (χ1v) is 20.5. The van der Waals surface area contributed by atoms with Gasteiger partial charge in [-0.1, -0.05) is 51.4 Å². The van der Waals surface area contributed by atoms with Crippen LogP contribution in [0.4, 0.5) is 0 Å². The minimum Gasteiger partial charge on any atom is -0.481 e. The van der Waals surface area contributed by atoms with Crippen molar-refractivity contribution in [2.45, 2.75) is 95.9 Å². The quantitative estimate of drug-likeness (QED) is 0.0428. The minimum atomic E-state index is -1.20. The third-order valence-corrected chi connectivity index (χ3v) is 8.28. The second-order valence-corrected chi connectivity index (χ2v) is 13.5. The highest BCUT2D eigenvalue weighted by Crippen LogP contribution is 2.12. The monoisotopic (exact) mass is 807 g/mol. The Morgan fingerprint density at radius 3 is 1.42 bits per heavy atom. The van der Waals surface area contributed by atoms with E-state index in [9.17, 15) is 38.7 Å². The molecule has 0 heterocycles. The molecule has 0 fully saturated rings. The van der Waals surface area contributed by atoms with Gasteiger partial charge < -0.3 is 55.7 Å². The van der Waals surface area contributed by atoms with Crippen molar-refractivity contribution < 1.29 is 62.7 Å². The molecule has 318 valence electrons. The molecule has 5 amide bonds. The maximum absolute atomic E-state index is 12.2. The molecule has 18 nitrogen and oxygen atoms in total. The third-order valence-electron chi connectivity index (χ3n) is 7.73. The number of ether oxygens (including phenoxy) is 4. The van der Waals surface area contributed by atoms with Crippen LogP contribution in [0.5, 0.6) is 0 Å². The molecule has 0 aliphatic rings. The Bertz CT molecular complexity index is 1090. The lowest BCUT2D eigenvalue weighted by atomic mass is 10.0. The van der Waals surface area contributed by atoms with Crippen molar-refractivity contribution in [3.8, 4) is 0 Å². The number of aliphatic carboxylic acids is 2. The van der Waals surface area contributed by atoms with Crippen LogP contribution in [0, 0.1) is 0 Å². The Balaban J connectivity index is 3.67. The van der Waals surface area contributed by atoms with E-state index < -0.39 is 18.0 Å². The van der Waals surface area contributed by atoms with Crippen LogP contribution >= 0.6 is 11.8 Å². The van der Waals surface area contributed by atoms with Crippen LogP contribution in [0.3, 0.4) is 0 Å². The van der Waals surface area contributed by atoms with Crippen LogP contribution in [0.15, 0.2) is 0 Å². The first-order valence-electron chi connectivity index (χ1n) is 19.2. The zero-order valence-corrected chi connectivity index (χ0v) is 33.3. The second kappa shape index (κ2) is 37.4. The lowest BCUT2D eigenvalue weighted by Gasteiger charge is -2.14. The number of hydrogen-bond acceptors (Lipinski definition) is 12. The summed E-state index contributed by atoms with van der Waals surface area (Å²) in [5.74, 6) is -2.99. The Morgan fingerprint density at radius 2 is 0.927 bits per heavy atom. The number of hydrogen-bond donors (Lipinski definition) is 7. The lowest BCUT2D eigenvalue weighted by Crippen LogP contribution is -2.41. The highest BCUT2D eigenvalue weighted by molar-refractivity contribution is 7.99. The van der Waals surface area contributed by atoms with E-state index in [1.165, 1.54) is 11.8 Å². The van der Waals surface area contributed by atoms with E-state index in [2.05, 4.69) is 26.6 Å². The van der Waals surface area contributed by atoms with Gasteiger partial charge in [0.15, 0.2) is 0 Å². The summed E-state index contributed by atoms with van der Waals surface area (Å²) in [6.07, 6.45) is 11.8. The zero-order chi connectivity index (χ0) is 40.8. The minimum absolute atomic E-state index is 0.0376. The van der Waals surface area contributed by atoms with E-state index in [4.69, 9.17) is 24.1 Å². The molecule has 19 heteroatoms. The molecule has 0 unspecified atom stereocenters. The van der Waals surface area contributed by atoms with Crippen LogP contribution in [-0.2, 0) is 52.5 Å². The normalized spacial score (nSPS) is 11.4. The molecule has 0 saturated carbocycles. The molecule has 0 aromatic carbocycles. The summed E-state index contributed by atoms with van der Waals surface area (Å²) in [4.78, 5) is 81.3. The van der Waals surface area contributed by atoms with Gasteiger partial charge >= 0.3 is 11.9 Å². The van der Waals surface area contributed by atoms with E-state index in [0.717, 1.165) is 57.8 Å². The van der Waals surface area contributed by atoms with Crippen LogP contribution in [-0.4, -0.2) is 149 Å². The summed E-state index contributed by atoms with van der Waals surface area (Å²) in [6, 6.07) is -1.15. The average Bonchev–Trinajstić information content (AvgIpc) is 3.14. The Labute approximate surface area is 329 Å². The van der Waals surface area contributed by atoms with Gasteiger partial charge in [0.25, 0.3) is 0 Å². The number of nitrogens with one attached hydrogen (secondary N) is 5. The molecule has 55 heavy (non-hydrogen) atoms. The summed E-state index contributed by atoms with van der Waals surface area (Å²) in [6.45, 7) is 2.09. The molecule has 0 rings (SSSR count). The topological polar surface area (TPSA) is 257 Å². The Kier molecular flexibility index (Phi) is 35.0. The molecule has 0 aliphatic carbocycles. The van der Waals surface area contributed by atoms with Gasteiger partial charge in [-0.15, -0.1) is 0 Å². The summed E-state index contributed by atoms with van der Waals surface area (Å²) >= 11 is 1.42. The maximum Gasteiger partial charge on any atom is 0.326 e. The second-order valence-electron chi connectivity index (χ2n) is 12.6. The summed E-state index contributed by atoms with van der Waals surface area (Å²) < 4.78 is 21.2. The SMILES string of the molecule is CSCC(=O)NCCNC(=O)COCCOCCNC(=O)COCCOCCNC(=O)CC[C@H](NC(=O)CCCCCCCCCCCCC(=O)O)C(=O)O. The van der Waals surface area contributed by atoms with Crippen LogP contribution in [0.2, 0.25) is 0 Å². The van der Waals surface area contributed by atoms with E-state index >= 15 is 0 Å². The largest absolute Gasteiger partial charge is 0.481 e. The summed E-state index contributed by atoms with van der Waals surface area (Å²) in [7, 11) is 0. The van der Waals surface area contributed by atoms with Crippen LogP contribution in [0.25, 0.3) is 0 Å². The molecule has 0 aliphatic heterocycles. The third kappa shape index (κ3) is 37.2. The number of thioether (sulfide) groups is 1. The maximum atomic E-state index is 12.2. The van der Waals surface area contributed by atoms with Crippen molar-refractivity contribution in [1.29, 1.82) is 0 Å². The number of unbranched alkanes of at least 4 members (excludes halogenated alkanes) is 9. The summed E-state index contributed by atoms with van der Waals surface area (Å²) in [5.41, 5.74) is 0. The van der Waals surface area contributed by atoms with Crippen molar-refractivity contribution in [2.24, 2.45) is 0 Å². The molecule has 0 spiro atoms. The molecule has 0 radical (unpaired) electrons. The Hall–Kier alpha value is -3.52. The fraction of sp³-hybridized carbons (Fsp3) is 0.806. The van der Waals surface area contributed by atoms with Crippen molar-refractivity contribution in [1.82, 2.24) is 26.6 Å². The van der Waals surface area contributed by atoms with Gasteiger partial charge in [-0.25, -0.2) is 4.79 Å². The molecule has 7 N–H and O–H groups in total. The summed E-state index contributed by atoms with van der Waals surface area (Å²) in [5, 5.41) is 31.2. The van der Waals surface area contributed by atoms with E-state index in [1.807, 2.05) is 6.26 Å². The molecule has 0 bridgehead atoms. The number of carboxylic acid groups (broad SMARTS) is 2. The van der Waals surface area contributed by atoms with E-state index in [-0.39, 0.29) is 121 Å². The number of carbonyl (C=O) groups is 7. The number of amides is 5. The van der Waals surface area contributed by atoms with Crippen LogP contribution in [0.1, 0.15) is 89.9 Å². The van der Waals surface area contributed by atoms with E-state index in [0.29, 0.717) is 25.3 Å². The van der Waals surface area contributed by atoms with Crippen molar-refractivity contribution in [3.63, 3.8) is 0 Å². The zero-order valence-electron chi connectivity index (χ0n) is 32.5. The van der Waals surface area contributed by atoms with Gasteiger partial charge in [0, 0.05) is 45.4 Å². The number of rotatable bonds is 39. The molecule has 0 aromatic rings. The molecule has 1 atom stereocenters. The first kappa shape index (κ1) is 51.5. The van der Waals surface area contributed by atoms with Gasteiger partial charge in [-0.2, -0.15) is 11.8 Å². The molecular formula is C36H65N5O13S. The van der Waals surface area contributed by atoms with Gasteiger partial charge in [0.2, 0.25) is 29.5 Å². The molecule has 0 saturated heterocycles. The van der Waals surface area contributed by atoms with Crippen molar-refractivity contribution in [3.05, 3.63) is 0 Å². The lowest BCUT2D eigenvalue weighted by molar-refractivity contribution is -0.142. The first-order chi connectivity index (χ1) is 26.5. The fourth-order valence-corrected chi connectivity index (χ4v) is 5.21. The van der Waals surface area contributed by atoms with Crippen molar-refractivity contribution >= 4 is 53.2 Å². The van der Waals surface area contributed by atoms with Crippen LogP contribution < -0.4 is 26.6 Å². The predicted molar refractivity (Wildman–Crippen MR) is 206 cm³/mol. The fourth-order valence-electron chi connectivity index (χ4n) is 4.85. The highest BCUT2D eigenvalue weighted by atomic mass is 32.2. The highest BCUT2D eigenvalue weighted by Gasteiger charge is 2.20. The van der Waals surface area contributed by atoms with Gasteiger partial charge in [0.1, 0.15) is 19.3 Å². The number of carboxylic acids is 2. The standard InChI is InChI=1S/C36H65N5O13S/c1-55-28-34(46)38-17-16-37-32(44)26-53-24-23-52-21-19-40-33(45)27-54-25-22-51-20-18-39-30(42)15-14-29(36(49)50)41-31(43)12-10-8-6-4-2-3-5-7-9-11-13-35(47)48/h29H,2-28H2,1H3,(H,37,44)(H,38,46)(H,39,42)(H,40,45)(H,41,43)(H,47,48)(H,49,50)/t29-/m0/s1.